The summed E-state index contributed by atoms with van der Waals surface area (Å²) in [4.78, 5) is 21.3. The molecule has 0 bridgehead atoms. The van der Waals surface area contributed by atoms with Gasteiger partial charge in [-0.2, -0.15) is 5.26 Å². The monoisotopic (exact) mass is 234 g/mol. The summed E-state index contributed by atoms with van der Waals surface area (Å²) in [6, 6.07) is 5.79. The van der Waals surface area contributed by atoms with E-state index in [9.17, 15) is 14.9 Å². The molecule has 0 aromatic heterocycles. The number of carbonyl (C=O) groups excluding carboxylic acids is 1. The fourth-order valence-electron chi connectivity index (χ4n) is 1.42. The van der Waals surface area contributed by atoms with Crippen LogP contribution < -0.4 is 4.74 Å². The van der Waals surface area contributed by atoms with E-state index in [0.717, 1.165) is 0 Å². The number of hydrogen-bond acceptors (Lipinski definition) is 5. The lowest BCUT2D eigenvalue weighted by molar-refractivity contribution is -0.385. The van der Waals surface area contributed by atoms with Gasteiger partial charge in [-0.15, -0.1) is 0 Å². The van der Waals surface area contributed by atoms with Gasteiger partial charge in [0.25, 0.3) is 0 Å². The Morgan fingerprint density at radius 2 is 2.24 bits per heavy atom. The first kappa shape index (κ1) is 12.6. The molecule has 0 heterocycles. The van der Waals surface area contributed by atoms with Crippen molar-refractivity contribution in [1.29, 1.82) is 5.26 Å². The molecule has 1 rings (SSSR count). The Morgan fingerprint density at radius 3 is 2.65 bits per heavy atom. The minimum absolute atomic E-state index is 0.0361. The van der Waals surface area contributed by atoms with Crippen LogP contribution in [-0.2, 0) is 4.79 Å². The molecule has 0 amide bonds. The van der Waals surface area contributed by atoms with Crippen LogP contribution in [0.15, 0.2) is 18.2 Å². The van der Waals surface area contributed by atoms with Gasteiger partial charge in [-0.3, -0.25) is 14.9 Å². The van der Waals surface area contributed by atoms with E-state index in [1.54, 1.807) is 0 Å². The summed E-state index contributed by atoms with van der Waals surface area (Å²) in [7, 11) is 1.29. The first-order valence-electron chi connectivity index (χ1n) is 4.73. The zero-order valence-electron chi connectivity index (χ0n) is 9.34. The van der Waals surface area contributed by atoms with Gasteiger partial charge in [0.05, 0.1) is 18.1 Å². The third-order valence-corrected chi connectivity index (χ3v) is 2.27. The van der Waals surface area contributed by atoms with Crippen LogP contribution in [-0.4, -0.2) is 17.8 Å². The molecule has 6 nitrogen and oxygen atoms in total. The van der Waals surface area contributed by atoms with E-state index in [1.807, 2.05) is 6.07 Å². The highest BCUT2D eigenvalue weighted by Crippen LogP contribution is 2.30. The van der Waals surface area contributed by atoms with Crippen molar-refractivity contribution in [3.8, 4) is 11.8 Å². The van der Waals surface area contributed by atoms with Gasteiger partial charge in [-0.1, -0.05) is 6.07 Å². The van der Waals surface area contributed by atoms with Gasteiger partial charge in [-0.25, -0.2) is 0 Å². The molecule has 0 aliphatic heterocycles. The van der Waals surface area contributed by atoms with E-state index in [-0.39, 0.29) is 17.2 Å². The summed E-state index contributed by atoms with van der Waals surface area (Å²) in [6.45, 7) is 1.29. The number of benzene rings is 1. The molecule has 0 saturated heterocycles. The lowest BCUT2D eigenvalue weighted by atomic mass is 9.96. The molecule has 1 aromatic rings. The Bertz CT molecular complexity index is 505. The molecule has 0 aliphatic rings. The number of methoxy groups -OCH3 is 1. The first-order valence-corrected chi connectivity index (χ1v) is 4.73. The van der Waals surface area contributed by atoms with Crippen LogP contribution in [0, 0.1) is 21.4 Å². The largest absolute Gasteiger partial charge is 0.490 e. The lowest BCUT2D eigenvalue weighted by Crippen LogP contribution is -2.07. The molecule has 17 heavy (non-hydrogen) atoms. The summed E-state index contributed by atoms with van der Waals surface area (Å²) < 4.78 is 4.86. The van der Waals surface area contributed by atoms with Crippen molar-refractivity contribution in [2.24, 2.45) is 0 Å². The quantitative estimate of drug-likeness (QED) is 0.584. The van der Waals surface area contributed by atoms with E-state index in [0.29, 0.717) is 5.56 Å². The number of Topliss-reactive ketones (excluding diaryl/α,β-unsaturated/α-hetero) is 1. The average Bonchev–Trinajstić information content (AvgIpc) is 2.28. The maximum atomic E-state index is 11.2. The highest BCUT2D eigenvalue weighted by molar-refractivity contribution is 5.86. The normalized spacial score (nSPS) is 11.4. The molecule has 0 fully saturated rings. The second-order valence-electron chi connectivity index (χ2n) is 3.36. The Hall–Kier alpha value is -2.42. The first-order chi connectivity index (χ1) is 8.01. The molecular weight excluding hydrogens is 224 g/mol. The molecule has 1 unspecified atom stereocenters. The van der Waals surface area contributed by atoms with E-state index >= 15 is 0 Å². The van der Waals surface area contributed by atoms with Crippen molar-refractivity contribution in [2.75, 3.05) is 7.11 Å². The molecule has 6 heteroatoms. The second kappa shape index (κ2) is 5.07. The van der Waals surface area contributed by atoms with Gasteiger partial charge in [0.2, 0.25) is 0 Å². The van der Waals surface area contributed by atoms with Crippen molar-refractivity contribution in [2.45, 2.75) is 12.8 Å². The van der Waals surface area contributed by atoms with E-state index in [2.05, 4.69) is 0 Å². The van der Waals surface area contributed by atoms with E-state index < -0.39 is 10.8 Å². The molecule has 0 saturated carbocycles. The van der Waals surface area contributed by atoms with Crippen LogP contribution in [0.3, 0.4) is 0 Å². The van der Waals surface area contributed by atoms with Crippen LogP contribution in [0.1, 0.15) is 18.4 Å². The number of nitrogens with zero attached hydrogens (tertiary/aromatic N) is 2. The van der Waals surface area contributed by atoms with Gasteiger partial charge in [0.1, 0.15) is 5.92 Å². The maximum Gasteiger partial charge on any atom is 0.310 e. The third kappa shape index (κ3) is 2.58. The van der Waals surface area contributed by atoms with E-state index in [4.69, 9.17) is 10.00 Å². The molecular formula is C11H10N2O4. The van der Waals surface area contributed by atoms with Gasteiger partial charge in [0, 0.05) is 6.07 Å². The molecule has 1 atom stereocenters. The van der Waals surface area contributed by atoms with Crippen LogP contribution in [0.2, 0.25) is 0 Å². The van der Waals surface area contributed by atoms with Gasteiger partial charge in [0.15, 0.2) is 11.5 Å². The number of nitro groups is 1. The fourth-order valence-corrected chi connectivity index (χ4v) is 1.42. The summed E-state index contributed by atoms with van der Waals surface area (Å²) >= 11 is 0. The highest BCUT2D eigenvalue weighted by atomic mass is 16.6. The maximum absolute atomic E-state index is 11.2. The summed E-state index contributed by atoms with van der Waals surface area (Å²) in [5.41, 5.74) is 0.193. The van der Waals surface area contributed by atoms with Gasteiger partial charge < -0.3 is 4.74 Å². The number of hydrogen-bond donors (Lipinski definition) is 0. The second-order valence-corrected chi connectivity index (χ2v) is 3.36. The van der Waals surface area contributed by atoms with Crippen LogP contribution in [0.5, 0.6) is 5.75 Å². The van der Waals surface area contributed by atoms with Crippen molar-refractivity contribution in [1.82, 2.24) is 0 Å². The molecule has 0 spiro atoms. The van der Waals surface area contributed by atoms with Crippen LogP contribution >= 0.6 is 0 Å². The molecule has 0 aliphatic carbocycles. The Morgan fingerprint density at radius 1 is 1.59 bits per heavy atom. The Labute approximate surface area is 97.6 Å². The zero-order valence-corrected chi connectivity index (χ0v) is 9.34. The number of ketones is 1. The average molecular weight is 234 g/mol. The molecule has 0 radical (unpaired) electrons. The molecule has 88 valence electrons. The SMILES string of the molecule is COc1cc(C(C#N)C(C)=O)ccc1[N+](=O)[O-]. The highest BCUT2D eigenvalue weighted by Gasteiger charge is 2.21. The fraction of sp³-hybridized carbons (Fsp3) is 0.273. The number of nitriles is 1. The minimum atomic E-state index is -0.926. The van der Waals surface area contributed by atoms with Crippen molar-refractivity contribution in [3.05, 3.63) is 33.9 Å². The lowest BCUT2D eigenvalue weighted by Gasteiger charge is -2.07. The predicted octanol–water partition coefficient (Wildman–Crippen LogP) is 1.80. The van der Waals surface area contributed by atoms with Crippen molar-refractivity contribution >= 4 is 11.5 Å². The van der Waals surface area contributed by atoms with Crippen LogP contribution in [0.4, 0.5) is 5.69 Å². The zero-order chi connectivity index (χ0) is 13.0. The molecule has 0 N–H and O–H groups in total. The van der Waals surface area contributed by atoms with Crippen molar-refractivity contribution < 1.29 is 14.5 Å². The smallest absolute Gasteiger partial charge is 0.310 e. The standard InChI is InChI=1S/C11H10N2O4/c1-7(14)9(6-12)8-3-4-10(13(15)16)11(5-8)17-2/h3-5,9H,1-2H3. The van der Waals surface area contributed by atoms with Crippen molar-refractivity contribution in [3.63, 3.8) is 0 Å². The Kier molecular flexibility index (Phi) is 3.78. The van der Waals surface area contributed by atoms with E-state index in [1.165, 1.54) is 32.2 Å². The predicted molar refractivity (Wildman–Crippen MR) is 58.7 cm³/mol. The van der Waals surface area contributed by atoms with Gasteiger partial charge >= 0.3 is 5.69 Å². The number of nitro benzene ring substituents is 1. The minimum Gasteiger partial charge on any atom is -0.490 e. The Balaban J connectivity index is 3.27. The molecule has 1 aromatic carbocycles. The topological polar surface area (TPSA) is 93.2 Å². The third-order valence-electron chi connectivity index (χ3n) is 2.27. The van der Waals surface area contributed by atoms with Gasteiger partial charge in [-0.05, 0) is 18.6 Å². The summed E-state index contributed by atoms with van der Waals surface area (Å²) in [5.74, 6) is -1.21. The summed E-state index contributed by atoms with van der Waals surface area (Å²) in [6.07, 6.45) is 0. The number of ether oxygens (including phenoxy) is 1. The summed E-state index contributed by atoms with van der Waals surface area (Å²) in [5, 5.41) is 19.5. The number of rotatable bonds is 4. The van der Waals surface area contributed by atoms with Crippen LogP contribution in [0.25, 0.3) is 0 Å². The number of carbonyl (C=O) groups is 1.